The summed E-state index contributed by atoms with van der Waals surface area (Å²) < 4.78 is 11.4. The normalized spacial score (nSPS) is 27.0. The number of carboxylic acids is 1. The van der Waals surface area contributed by atoms with Crippen LogP contribution in [-0.4, -0.2) is 23.5 Å². The Labute approximate surface area is 118 Å². The van der Waals surface area contributed by atoms with Crippen molar-refractivity contribution in [2.45, 2.75) is 50.4 Å². The van der Waals surface area contributed by atoms with Gasteiger partial charge in [0.15, 0.2) is 5.79 Å². The van der Waals surface area contributed by atoms with Gasteiger partial charge >= 0.3 is 5.97 Å². The monoisotopic (exact) mass is 276 g/mol. The number of hydrogen-bond acceptors (Lipinski definition) is 3. The Hall–Kier alpha value is -1.39. The topological polar surface area (TPSA) is 55.8 Å². The van der Waals surface area contributed by atoms with Gasteiger partial charge in [-0.1, -0.05) is 30.7 Å². The van der Waals surface area contributed by atoms with Gasteiger partial charge in [0.2, 0.25) is 0 Å². The first-order valence-corrected chi connectivity index (χ1v) is 7.09. The molecule has 1 saturated carbocycles. The van der Waals surface area contributed by atoms with Crippen molar-refractivity contribution in [1.82, 2.24) is 0 Å². The fourth-order valence-electron chi connectivity index (χ4n) is 3.04. The zero-order valence-corrected chi connectivity index (χ0v) is 11.9. The lowest BCUT2D eigenvalue weighted by atomic mass is 9.64. The Morgan fingerprint density at radius 1 is 1.35 bits per heavy atom. The highest BCUT2D eigenvalue weighted by Crippen LogP contribution is 2.45. The summed E-state index contributed by atoms with van der Waals surface area (Å²) in [5, 5.41) is 9.52. The van der Waals surface area contributed by atoms with E-state index in [4.69, 9.17) is 9.47 Å². The van der Waals surface area contributed by atoms with E-state index in [1.54, 1.807) is 0 Å². The minimum Gasteiger partial charge on any atom is -0.481 e. The third-order valence-corrected chi connectivity index (χ3v) is 4.44. The van der Waals surface area contributed by atoms with E-state index in [9.17, 15) is 9.90 Å². The molecule has 20 heavy (non-hydrogen) atoms. The number of ether oxygens (including phenoxy) is 2. The molecule has 3 rings (SSSR count). The summed E-state index contributed by atoms with van der Waals surface area (Å²) in [5.41, 5.74) is 1.20. The molecule has 1 N–H and O–H groups in total. The molecule has 0 bridgehead atoms. The number of aliphatic carboxylic acids is 1. The zero-order valence-electron chi connectivity index (χ0n) is 11.9. The number of rotatable bonds is 3. The molecule has 0 amide bonds. The van der Waals surface area contributed by atoms with Crippen LogP contribution in [0.4, 0.5) is 0 Å². The van der Waals surface area contributed by atoms with Gasteiger partial charge in [-0.3, -0.25) is 4.79 Å². The quantitative estimate of drug-likeness (QED) is 0.922. The summed E-state index contributed by atoms with van der Waals surface area (Å²) in [4.78, 5) is 11.6. The molecule has 1 unspecified atom stereocenters. The van der Waals surface area contributed by atoms with E-state index in [0.717, 1.165) is 30.4 Å². The molecule has 1 atom stereocenters. The van der Waals surface area contributed by atoms with Crippen LogP contribution in [0.15, 0.2) is 24.3 Å². The second-order valence-corrected chi connectivity index (χ2v) is 6.18. The summed E-state index contributed by atoms with van der Waals surface area (Å²) in [6, 6.07) is 7.79. The molecule has 0 spiro atoms. The van der Waals surface area contributed by atoms with Crippen LogP contribution in [0.3, 0.4) is 0 Å². The third-order valence-electron chi connectivity index (χ3n) is 4.44. The molecule has 1 aliphatic heterocycles. The van der Waals surface area contributed by atoms with Crippen LogP contribution in [0.5, 0.6) is 0 Å². The number of hydrogen-bond donors (Lipinski definition) is 1. The molecular weight excluding hydrogens is 256 g/mol. The molecule has 2 aliphatic rings. The van der Waals surface area contributed by atoms with Gasteiger partial charge in [-0.05, 0) is 37.8 Å². The summed E-state index contributed by atoms with van der Waals surface area (Å²) in [5.74, 6) is -1.29. The van der Waals surface area contributed by atoms with Gasteiger partial charge in [-0.15, -0.1) is 0 Å². The van der Waals surface area contributed by atoms with Crippen molar-refractivity contribution >= 4 is 5.97 Å². The molecular formula is C16H20O4. The smallest absolute Gasteiger partial charge is 0.314 e. The lowest BCUT2D eigenvalue weighted by Crippen LogP contribution is -2.42. The average Bonchev–Trinajstić information content (AvgIpc) is 2.68. The maximum atomic E-state index is 11.6. The Morgan fingerprint density at radius 2 is 2.10 bits per heavy atom. The minimum atomic E-state index is -0.718. The summed E-state index contributed by atoms with van der Waals surface area (Å²) in [7, 11) is 0. The van der Waals surface area contributed by atoms with Crippen LogP contribution in [-0.2, 0) is 19.7 Å². The second kappa shape index (κ2) is 4.57. The van der Waals surface area contributed by atoms with Crippen LogP contribution in [0.2, 0.25) is 0 Å². The average molecular weight is 276 g/mol. The van der Waals surface area contributed by atoms with Crippen molar-refractivity contribution < 1.29 is 19.4 Å². The Balaban J connectivity index is 1.89. The highest BCUT2D eigenvalue weighted by Gasteiger charge is 2.46. The Morgan fingerprint density at radius 3 is 2.60 bits per heavy atom. The van der Waals surface area contributed by atoms with Crippen molar-refractivity contribution in [3.8, 4) is 0 Å². The zero-order chi connectivity index (χ0) is 14.4. The first-order valence-electron chi connectivity index (χ1n) is 7.09. The maximum absolute atomic E-state index is 11.6. The highest BCUT2D eigenvalue weighted by atomic mass is 16.7. The maximum Gasteiger partial charge on any atom is 0.314 e. The predicted octanol–water partition coefficient (Wildman–Crippen LogP) is 3.02. The first-order chi connectivity index (χ1) is 9.43. The van der Waals surface area contributed by atoms with Gasteiger partial charge in [0.05, 0.1) is 12.0 Å². The van der Waals surface area contributed by atoms with Crippen LogP contribution < -0.4 is 0 Å². The predicted molar refractivity (Wildman–Crippen MR) is 73.5 cm³/mol. The van der Waals surface area contributed by atoms with Crippen LogP contribution in [0, 0.1) is 0 Å². The standard InChI is InChI=1S/C16H20O4/c1-15(2)19-10-13(20-15)11-5-3-6-12(9-11)16(14(17)18)7-4-8-16/h3,5-6,9,13H,4,7-8,10H2,1-2H3,(H,17,18). The molecule has 2 fully saturated rings. The van der Waals surface area contributed by atoms with Gasteiger partial charge in [0.25, 0.3) is 0 Å². The number of carbonyl (C=O) groups is 1. The van der Waals surface area contributed by atoms with E-state index >= 15 is 0 Å². The molecule has 4 nitrogen and oxygen atoms in total. The Kier molecular flexibility index (Phi) is 3.10. The minimum absolute atomic E-state index is 0.115. The fourth-order valence-corrected chi connectivity index (χ4v) is 3.04. The molecule has 0 aromatic heterocycles. The van der Waals surface area contributed by atoms with Crippen molar-refractivity contribution in [3.05, 3.63) is 35.4 Å². The largest absolute Gasteiger partial charge is 0.481 e. The van der Waals surface area contributed by atoms with E-state index in [-0.39, 0.29) is 6.10 Å². The molecule has 1 heterocycles. The van der Waals surface area contributed by atoms with Crippen molar-refractivity contribution in [1.29, 1.82) is 0 Å². The first kappa shape index (κ1) is 13.6. The van der Waals surface area contributed by atoms with Gasteiger partial charge in [0, 0.05) is 0 Å². The molecule has 1 aromatic rings. The van der Waals surface area contributed by atoms with E-state index < -0.39 is 17.2 Å². The van der Waals surface area contributed by atoms with Crippen molar-refractivity contribution in [2.24, 2.45) is 0 Å². The van der Waals surface area contributed by atoms with E-state index in [0.29, 0.717) is 6.61 Å². The SMILES string of the molecule is CC1(C)OCC(c2cccc(C3(C(=O)O)CCC3)c2)O1. The third kappa shape index (κ3) is 2.13. The molecule has 4 heteroatoms. The van der Waals surface area contributed by atoms with Crippen LogP contribution >= 0.6 is 0 Å². The molecule has 1 saturated heterocycles. The van der Waals surface area contributed by atoms with Crippen LogP contribution in [0.1, 0.15) is 50.3 Å². The van der Waals surface area contributed by atoms with Gasteiger partial charge < -0.3 is 14.6 Å². The fraction of sp³-hybridized carbons (Fsp3) is 0.562. The van der Waals surface area contributed by atoms with E-state index in [2.05, 4.69) is 0 Å². The lowest BCUT2D eigenvalue weighted by Gasteiger charge is -2.38. The molecule has 108 valence electrons. The number of carboxylic acid groups (broad SMARTS) is 1. The summed E-state index contributed by atoms with van der Waals surface area (Å²) in [6.45, 7) is 4.29. The van der Waals surface area contributed by atoms with Crippen molar-refractivity contribution in [3.63, 3.8) is 0 Å². The van der Waals surface area contributed by atoms with E-state index in [1.807, 2.05) is 38.1 Å². The summed E-state index contributed by atoms with van der Waals surface area (Å²) >= 11 is 0. The molecule has 0 radical (unpaired) electrons. The highest BCUT2D eigenvalue weighted by molar-refractivity contribution is 5.82. The summed E-state index contributed by atoms with van der Waals surface area (Å²) in [6.07, 6.45) is 2.31. The lowest BCUT2D eigenvalue weighted by molar-refractivity contribution is -0.147. The second-order valence-electron chi connectivity index (χ2n) is 6.18. The van der Waals surface area contributed by atoms with E-state index in [1.165, 1.54) is 0 Å². The van der Waals surface area contributed by atoms with Gasteiger partial charge in [0.1, 0.15) is 6.10 Å². The van der Waals surface area contributed by atoms with Crippen LogP contribution in [0.25, 0.3) is 0 Å². The van der Waals surface area contributed by atoms with Gasteiger partial charge in [-0.25, -0.2) is 0 Å². The molecule has 1 aromatic carbocycles. The van der Waals surface area contributed by atoms with Gasteiger partial charge in [-0.2, -0.15) is 0 Å². The number of benzene rings is 1. The Bertz CT molecular complexity index is 531. The van der Waals surface area contributed by atoms with Crippen molar-refractivity contribution in [2.75, 3.05) is 6.61 Å². The molecule has 1 aliphatic carbocycles.